The Bertz CT molecular complexity index is 418. The van der Waals surface area contributed by atoms with Crippen molar-refractivity contribution in [3.05, 3.63) is 0 Å². The summed E-state index contributed by atoms with van der Waals surface area (Å²) in [5.74, 6) is 0.667. The molecule has 1 rings (SSSR count). The van der Waals surface area contributed by atoms with Crippen molar-refractivity contribution in [1.29, 1.82) is 0 Å². The molecule has 7 nitrogen and oxygen atoms in total. The average Bonchev–Trinajstić information content (AvgIpc) is 2.63. The molecule has 7 heteroatoms. The summed E-state index contributed by atoms with van der Waals surface area (Å²) in [5.41, 5.74) is 0. The fourth-order valence-corrected chi connectivity index (χ4v) is 2.88. The molecular formula is C17H31N3O4. The molecular weight excluding hydrogens is 310 g/mol. The number of piperidine rings is 1. The molecule has 0 unspecified atom stereocenters. The Morgan fingerprint density at radius 2 is 1.75 bits per heavy atom. The number of hydrogen-bond donors (Lipinski definition) is 1. The number of methoxy groups -OCH3 is 2. The van der Waals surface area contributed by atoms with Crippen LogP contribution in [0.15, 0.2) is 4.99 Å². The molecule has 0 spiro atoms. The lowest BCUT2D eigenvalue weighted by Gasteiger charge is -2.33. The number of hydrogen-bond acceptors (Lipinski definition) is 5. The first kappa shape index (κ1) is 20.3. The van der Waals surface area contributed by atoms with Crippen LogP contribution >= 0.6 is 0 Å². The monoisotopic (exact) mass is 341 g/mol. The van der Waals surface area contributed by atoms with Gasteiger partial charge in [0.25, 0.3) is 0 Å². The summed E-state index contributed by atoms with van der Waals surface area (Å²) in [6, 6.07) is 0. The van der Waals surface area contributed by atoms with Gasteiger partial charge in [0, 0.05) is 33.1 Å². The lowest BCUT2D eigenvalue weighted by Crippen LogP contribution is -2.46. The summed E-state index contributed by atoms with van der Waals surface area (Å²) in [7, 11) is 4.65. The van der Waals surface area contributed by atoms with E-state index < -0.39 is 0 Å². The second kappa shape index (κ2) is 11.7. The zero-order valence-corrected chi connectivity index (χ0v) is 15.2. The van der Waals surface area contributed by atoms with Crippen LogP contribution in [0.3, 0.4) is 0 Å². The second-order valence-corrected chi connectivity index (χ2v) is 6.00. The van der Waals surface area contributed by atoms with E-state index in [1.807, 2.05) is 0 Å². The van der Waals surface area contributed by atoms with Crippen LogP contribution < -0.4 is 5.32 Å². The van der Waals surface area contributed by atoms with E-state index in [0.29, 0.717) is 6.42 Å². The van der Waals surface area contributed by atoms with Gasteiger partial charge in [-0.2, -0.15) is 0 Å². The van der Waals surface area contributed by atoms with Crippen LogP contribution in [0.5, 0.6) is 0 Å². The Morgan fingerprint density at radius 1 is 1.08 bits per heavy atom. The normalized spacial score (nSPS) is 16.0. The standard InChI is InChI=1S/C17H31N3O4/c1-18-17(19-11-7-5-4-6-8-15(21)23-2)20-12-9-14(10-13-20)16(22)24-3/h14H,4-13H2,1-3H3,(H,18,19). The highest BCUT2D eigenvalue weighted by molar-refractivity contribution is 5.80. The highest BCUT2D eigenvalue weighted by Gasteiger charge is 2.26. The number of rotatable bonds is 8. The van der Waals surface area contributed by atoms with Crippen molar-refractivity contribution in [2.45, 2.75) is 44.9 Å². The molecule has 0 amide bonds. The predicted molar refractivity (Wildman–Crippen MR) is 92.8 cm³/mol. The molecule has 1 aliphatic rings. The van der Waals surface area contributed by atoms with Gasteiger partial charge in [-0.25, -0.2) is 0 Å². The molecule has 0 saturated carbocycles. The van der Waals surface area contributed by atoms with Crippen molar-refractivity contribution in [1.82, 2.24) is 10.2 Å². The molecule has 0 atom stereocenters. The van der Waals surface area contributed by atoms with Crippen LogP contribution in [0.25, 0.3) is 0 Å². The highest BCUT2D eigenvalue weighted by Crippen LogP contribution is 2.18. The molecule has 0 bridgehead atoms. The van der Waals surface area contributed by atoms with Crippen molar-refractivity contribution < 1.29 is 19.1 Å². The van der Waals surface area contributed by atoms with Crippen molar-refractivity contribution in [3.8, 4) is 0 Å². The average molecular weight is 341 g/mol. The highest BCUT2D eigenvalue weighted by atomic mass is 16.5. The Labute approximate surface area is 144 Å². The Morgan fingerprint density at radius 3 is 2.33 bits per heavy atom. The number of nitrogens with zero attached hydrogens (tertiary/aromatic N) is 2. The van der Waals surface area contributed by atoms with Gasteiger partial charge < -0.3 is 19.7 Å². The lowest BCUT2D eigenvalue weighted by molar-refractivity contribution is -0.146. The van der Waals surface area contributed by atoms with E-state index in [4.69, 9.17) is 4.74 Å². The molecule has 24 heavy (non-hydrogen) atoms. The largest absolute Gasteiger partial charge is 0.469 e. The number of esters is 2. The molecule has 0 aromatic heterocycles. The zero-order valence-electron chi connectivity index (χ0n) is 15.2. The van der Waals surface area contributed by atoms with Crippen molar-refractivity contribution >= 4 is 17.9 Å². The summed E-state index contributed by atoms with van der Waals surface area (Å²) in [5, 5.41) is 3.38. The number of aliphatic imine (C=N–C) groups is 1. The molecule has 1 saturated heterocycles. The van der Waals surface area contributed by atoms with Gasteiger partial charge in [-0.05, 0) is 25.7 Å². The quantitative estimate of drug-likeness (QED) is 0.312. The number of carbonyl (C=O) groups excluding carboxylic acids is 2. The lowest BCUT2D eigenvalue weighted by atomic mass is 9.97. The van der Waals surface area contributed by atoms with Crippen LogP contribution in [0.4, 0.5) is 0 Å². The van der Waals surface area contributed by atoms with Gasteiger partial charge in [0.05, 0.1) is 20.1 Å². The molecule has 0 aromatic rings. The van der Waals surface area contributed by atoms with Crippen LogP contribution in [-0.2, 0) is 19.1 Å². The third-order valence-corrected chi connectivity index (χ3v) is 4.36. The van der Waals surface area contributed by atoms with E-state index in [9.17, 15) is 9.59 Å². The third-order valence-electron chi connectivity index (χ3n) is 4.36. The van der Waals surface area contributed by atoms with Gasteiger partial charge in [0.2, 0.25) is 0 Å². The van der Waals surface area contributed by atoms with E-state index in [0.717, 1.165) is 64.1 Å². The first-order valence-corrected chi connectivity index (χ1v) is 8.72. The SMILES string of the molecule is CN=C(NCCCCCCC(=O)OC)N1CCC(C(=O)OC)CC1. The van der Waals surface area contributed by atoms with Gasteiger partial charge in [0.1, 0.15) is 0 Å². The van der Waals surface area contributed by atoms with Gasteiger partial charge in [-0.15, -0.1) is 0 Å². The van der Waals surface area contributed by atoms with Crippen molar-refractivity contribution in [2.24, 2.45) is 10.9 Å². The molecule has 0 aliphatic carbocycles. The van der Waals surface area contributed by atoms with E-state index in [1.165, 1.54) is 14.2 Å². The minimum Gasteiger partial charge on any atom is -0.469 e. The van der Waals surface area contributed by atoms with Crippen molar-refractivity contribution in [2.75, 3.05) is 40.9 Å². The number of ether oxygens (including phenoxy) is 2. The van der Waals surface area contributed by atoms with Gasteiger partial charge in [-0.1, -0.05) is 12.8 Å². The summed E-state index contributed by atoms with van der Waals surface area (Å²) in [6.07, 6.45) is 6.13. The van der Waals surface area contributed by atoms with Gasteiger partial charge in [-0.3, -0.25) is 14.6 Å². The van der Waals surface area contributed by atoms with Crippen molar-refractivity contribution in [3.63, 3.8) is 0 Å². The first-order chi connectivity index (χ1) is 11.6. The molecule has 0 aromatic carbocycles. The van der Waals surface area contributed by atoms with Crippen LogP contribution in [0, 0.1) is 5.92 Å². The third kappa shape index (κ3) is 7.19. The minimum atomic E-state index is -0.135. The molecule has 138 valence electrons. The zero-order chi connectivity index (χ0) is 17.8. The molecule has 1 N–H and O–H groups in total. The molecule has 1 aliphatic heterocycles. The van der Waals surface area contributed by atoms with E-state index >= 15 is 0 Å². The first-order valence-electron chi connectivity index (χ1n) is 8.72. The molecule has 1 fully saturated rings. The molecule has 1 heterocycles. The maximum atomic E-state index is 11.6. The topological polar surface area (TPSA) is 80.2 Å². The predicted octanol–water partition coefficient (Wildman–Crippen LogP) is 1.57. The van der Waals surface area contributed by atoms with Crippen LogP contribution in [-0.4, -0.2) is 63.7 Å². The summed E-state index contributed by atoms with van der Waals surface area (Å²) in [4.78, 5) is 29.1. The van der Waals surface area contributed by atoms with E-state index in [-0.39, 0.29) is 17.9 Å². The fourth-order valence-electron chi connectivity index (χ4n) is 2.88. The minimum absolute atomic E-state index is 0.0131. The maximum Gasteiger partial charge on any atom is 0.308 e. The van der Waals surface area contributed by atoms with Crippen LogP contribution in [0.1, 0.15) is 44.9 Å². The number of nitrogens with one attached hydrogen (secondary N) is 1. The second-order valence-electron chi connectivity index (χ2n) is 6.00. The van der Waals surface area contributed by atoms with Gasteiger partial charge in [0.15, 0.2) is 5.96 Å². The van der Waals surface area contributed by atoms with Gasteiger partial charge >= 0.3 is 11.9 Å². The molecule has 0 radical (unpaired) electrons. The summed E-state index contributed by atoms with van der Waals surface area (Å²) >= 11 is 0. The number of guanidine groups is 1. The Hall–Kier alpha value is -1.79. The smallest absolute Gasteiger partial charge is 0.308 e. The van der Waals surface area contributed by atoms with E-state index in [1.54, 1.807) is 7.05 Å². The fraction of sp³-hybridized carbons (Fsp3) is 0.824. The van der Waals surface area contributed by atoms with Crippen LogP contribution in [0.2, 0.25) is 0 Å². The summed E-state index contributed by atoms with van der Waals surface area (Å²) < 4.78 is 9.43. The number of carbonyl (C=O) groups is 2. The Balaban J connectivity index is 2.15. The maximum absolute atomic E-state index is 11.6. The Kier molecular flexibility index (Phi) is 9.88. The van der Waals surface area contributed by atoms with E-state index in [2.05, 4.69) is 19.9 Å². The summed E-state index contributed by atoms with van der Waals surface area (Å²) in [6.45, 7) is 2.50. The number of likely N-dealkylation sites (tertiary alicyclic amines) is 1. The number of unbranched alkanes of at least 4 members (excludes halogenated alkanes) is 3.